The molecule has 28 heavy (non-hydrogen) atoms. The number of nitrogens with zero attached hydrogens (tertiary/aromatic N) is 1. The van der Waals surface area contributed by atoms with Gasteiger partial charge in [-0.1, -0.05) is 30.3 Å². The lowest BCUT2D eigenvalue weighted by Crippen LogP contribution is -2.33. The Kier molecular flexibility index (Phi) is 5.99. The van der Waals surface area contributed by atoms with Gasteiger partial charge in [-0.2, -0.15) is 0 Å². The SMILES string of the molecule is CCN(CC)C(=O)c1oc2ccccc2c1NC(=O)[C@@H](C)Oc1ccccc1. The van der Waals surface area contributed by atoms with E-state index >= 15 is 0 Å². The maximum atomic E-state index is 12.9. The van der Waals surface area contributed by atoms with E-state index < -0.39 is 6.10 Å². The standard InChI is InChI=1S/C22H24N2O4/c1-4-24(5-2)22(26)20-19(17-13-9-10-14-18(17)28-20)23-21(25)15(3)27-16-11-7-6-8-12-16/h6-15H,4-5H2,1-3H3,(H,23,25)/t15-/m1/s1. The van der Waals surface area contributed by atoms with E-state index in [1.807, 2.05) is 50.2 Å². The first-order chi connectivity index (χ1) is 13.5. The van der Waals surface area contributed by atoms with Crippen LogP contribution in [0.2, 0.25) is 0 Å². The van der Waals surface area contributed by atoms with Gasteiger partial charge in [-0.05, 0) is 45.0 Å². The zero-order chi connectivity index (χ0) is 20.1. The van der Waals surface area contributed by atoms with Gasteiger partial charge in [0.2, 0.25) is 5.76 Å². The van der Waals surface area contributed by atoms with Gasteiger partial charge in [0.1, 0.15) is 17.0 Å². The summed E-state index contributed by atoms with van der Waals surface area (Å²) in [6, 6.07) is 16.4. The minimum Gasteiger partial charge on any atom is -0.481 e. The highest BCUT2D eigenvalue weighted by atomic mass is 16.5. The molecular weight excluding hydrogens is 356 g/mol. The second-order valence-electron chi connectivity index (χ2n) is 6.34. The van der Waals surface area contributed by atoms with Gasteiger partial charge in [-0.3, -0.25) is 9.59 Å². The third-order valence-electron chi connectivity index (χ3n) is 4.51. The predicted molar refractivity (Wildman–Crippen MR) is 109 cm³/mol. The van der Waals surface area contributed by atoms with Crippen molar-refractivity contribution in [1.82, 2.24) is 4.90 Å². The number of carbonyl (C=O) groups excluding carboxylic acids is 2. The van der Waals surface area contributed by atoms with E-state index in [1.54, 1.807) is 30.0 Å². The van der Waals surface area contributed by atoms with Crippen LogP contribution >= 0.6 is 0 Å². The molecule has 6 heteroatoms. The molecule has 1 heterocycles. The molecule has 3 aromatic rings. The van der Waals surface area contributed by atoms with E-state index in [2.05, 4.69) is 5.32 Å². The molecule has 146 valence electrons. The summed E-state index contributed by atoms with van der Waals surface area (Å²) >= 11 is 0. The number of para-hydroxylation sites is 2. The molecule has 3 rings (SSSR count). The van der Waals surface area contributed by atoms with E-state index in [9.17, 15) is 9.59 Å². The summed E-state index contributed by atoms with van der Waals surface area (Å²) in [5, 5.41) is 3.51. The largest absolute Gasteiger partial charge is 0.481 e. The van der Waals surface area contributed by atoms with E-state index in [0.29, 0.717) is 35.5 Å². The predicted octanol–water partition coefficient (Wildman–Crippen LogP) is 4.32. The number of furan rings is 1. The highest BCUT2D eigenvalue weighted by Gasteiger charge is 2.26. The Bertz CT molecular complexity index is 961. The molecule has 1 N–H and O–H groups in total. The maximum Gasteiger partial charge on any atom is 0.291 e. The van der Waals surface area contributed by atoms with Crippen LogP contribution in [0.15, 0.2) is 59.0 Å². The Morgan fingerprint density at radius 2 is 1.68 bits per heavy atom. The van der Waals surface area contributed by atoms with Crippen molar-refractivity contribution in [3.8, 4) is 5.75 Å². The molecule has 0 aliphatic rings. The summed E-state index contributed by atoms with van der Waals surface area (Å²) in [6.45, 7) is 6.56. The summed E-state index contributed by atoms with van der Waals surface area (Å²) in [5.74, 6) is 0.115. The molecule has 1 aromatic heterocycles. The normalized spacial score (nSPS) is 11.8. The summed E-state index contributed by atoms with van der Waals surface area (Å²) in [7, 11) is 0. The molecule has 0 radical (unpaired) electrons. The van der Waals surface area contributed by atoms with Crippen LogP contribution in [0.25, 0.3) is 11.0 Å². The molecule has 0 spiro atoms. The lowest BCUT2D eigenvalue weighted by Gasteiger charge is -2.18. The van der Waals surface area contributed by atoms with Crippen LogP contribution in [-0.4, -0.2) is 35.9 Å². The first-order valence-corrected chi connectivity index (χ1v) is 9.38. The van der Waals surface area contributed by atoms with Crippen LogP contribution in [0.4, 0.5) is 5.69 Å². The molecule has 6 nitrogen and oxygen atoms in total. The lowest BCUT2D eigenvalue weighted by atomic mass is 10.2. The Labute approximate surface area is 164 Å². The van der Waals surface area contributed by atoms with Gasteiger partial charge in [0.15, 0.2) is 6.10 Å². The third kappa shape index (κ3) is 4.01. The molecule has 0 saturated heterocycles. The van der Waals surface area contributed by atoms with Gasteiger partial charge < -0.3 is 19.4 Å². The fourth-order valence-corrected chi connectivity index (χ4v) is 2.96. The van der Waals surface area contributed by atoms with E-state index in [0.717, 1.165) is 0 Å². The number of anilines is 1. The Morgan fingerprint density at radius 3 is 2.36 bits per heavy atom. The monoisotopic (exact) mass is 380 g/mol. The molecule has 0 bridgehead atoms. The van der Waals surface area contributed by atoms with Crippen molar-refractivity contribution in [2.75, 3.05) is 18.4 Å². The molecule has 0 unspecified atom stereocenters. The molecule has 0 aliphatic carbocycles. The number of ether oxygens (including phenoxy) is 1. The molecule has 2 amide bonds. The first kappa shape index (κ1) is 19.5. The van der Waals surface area contributed by atoms with Gasteiger partial charge in [0.25, 0.3) is 11.8 Å². The third-order valence-corrected chi connectivity index (χ3v) is 4.51. The second kappa shape index (κ2) is 8.61. The summed E-state index contributed by atoms with van der Waals surface area (Å²) in [4.78, 5) is 27.3. The summed E-state index contributed by atoms with van der Waals surface area (Å²) in [5.41, 5.74) is 0.922. The number of rotatable bonds is 7. The Morgan fingerprint density at radius 1 is 1.04 bits per heavy atom. The van der Waals surface area contributed by atoms with Gasteiger partial charge in [-0.25, -0.2) is 0 Å². The molecule has 0 saturated carbocycles. The molecule has 0 aliphatic heterocycles. The molecule has 1 atom stereocenters. The Balaban J connectivity index is 1.89. The van der Waals surface area contributed by atoms with Crippen molar-refractivity contribution >= 4 is 28.5 Å². The van der Waals surface area contributed by atoms with Crippen LogP contribution < -0.4 is 10.1 Å². The first-order valence-electron chi connectivity index (χ1n) is 9.38. The zero-order valence-corrected chi connectivity index (χ0v) is 16.3. The molecule has 2 aromatic carbocycles. The lowest BCUT2D eigenvalue weighted by molar-refractivity contribution is -0.122. The highest BCUT2D eigenvalue weighted by Crippen LogP contribution is 2.32. The van der Waals surface area contributed by atoms with Crippen LogP contribution in [0, 0.1) is 0 Å². The maximum absolute atomic E-state index is 12.9. The topological polar surface area (TPSA) is 71.8 Å². The molecular formula is C22H24N2O4. The van der Waals surface area contributed by atoms with Crippen molar-refractivity contribution in [2.45, 2.75) is 26.9 Å². The number of nitrogens with one attached hydrogen (secondary N) is 1. The van der Waals surface area contributed by atoms with Crippen molar-refractivity contribution < 1.29 is 18.7 Å². The average Bonchev–Trinajstić information content (AvgIpc) is 3.08. The minimum absolute atomic E-state index is 0.130. The van der Waals surface area contributed by atoms with Crippen molar-refractivity contribution in [3.63, 3.8) is 0 Å². The highest BCUT2D eigenvalue weighted by molar-refractivity contribution is 6.11. The fraction of sp³-hybridized carbons (Fsp3) is 0.273. The Hall–Kier alpha value is -3.28. The van der Waals surface area contributed by atoms with Gasteiger partial charge >= 0.3 is 0 Å². The van der Waals surface area contributed by atoms with Crippen LogP contribution in [0.5, 0.6) is 5.75 Å². The van der Waals surface area contributed by atoms with Crippen LogP contribution in [-0.2, 0) is 4.79 Å². The van der Waals surface area contributed by atoms with Gasteiger partial charge in [0, 0.05) is 18.5 Å². The van der Waals surface area contributed by atoms with Crippen LogP contribution in [0.1, 0.15) is 31.3 Å². The van der Waals surface area contributed by atoms with E-state index in [-0.39, 0.29) is 17.6 Å². The van der Waals surface area contributed by atoms with Crippen molar-refractivity contribution in [2.24, 2.45) is 0 Å². The summed E-state index contributed by atoms with van der Waals surface area (Å²) in [6.07, 6.45) is -0.743. The number of benzene rings is 2. The number of amides is 2. The number of hydrogen-bond donors (Lipinski definition) is 1. The number of carbonyl (C=O) groups is 2. The summed E-state index contributed by atoms with van der Waals surface area (Å²) < 4.78 is 11.5. The van der Waals surface area contributed by atoms with Crippen LogP contribution in [0.3, 0.4) is 0 Å². The second-order valence-corrected chi connectivity index (χ2v) is 6.34. The number of hydrogen-bond acceptors (Lipinski definition) is 4. The number of fused-ring (bicyclic) bond motifs is 1. The minimum atomic E-state index is -0.743. The quantitative estimate of drug-likeness (QED) is 0.663. The van der Waals surface area contributed by atoms with Crippen molar-refractivity contribution in [3.05, 3.63) is 60.4 Å². The van der Waals surface area contributed by atoms with Gasteiger partial charge in [0.05, 0.1) is 0 Å². The van der Waals surface area contributed by atoms with E-state index in [1.165, 1.54) is 0 Å². The van der Waals surface area contributed by atoms with E-state index in [4.69, 9.17) is 9.15 Å². The smallest absolute Gasteiger partial charge is 0.291 e. The molecule has 0 fully saturated rings. The van der Waals surface area contributed by atoms with Crippen molar-refractivity contribution in [1.29, 1.82) is 0 Å². The fourth-order valence-electron chi connectivity index (χ4n) is 2.96. The average molecular weight is 380 g/mol. The van der Waals surface area contributed by atoms with Gasteiger partial charge in [-0.15, -0.1) is 0 Å². The zero-order valence-electron chi connectivity index (χ0n) is 16.3.